The van der Waals surface area contributed by atoms with Crippen molar-refractivity contribution in [3.63, 3.8) is 0 Å². The van der Waals surface area contributed by atoms with Gasteiger partial charge in [-0.2, -0.15) is 5.10 Å². The zero-order valence-corrected chi connectivity index (χ0v) is 19.0. The van der Waals surface area contributed by atoms with Crippen LogP contribution in [0.25, 0.3) is 0 Å². The number of amides is 1. The summed E-state index contributed by atoms with van der Waals surface area (Å²) < 4.78 is 11.2. The maximum atomic E-state index is 12.4. The number of nitrogens with one attached hydrogen (secondary N) is 1. The van der Waals surface area contributed by atoms with E-state index in [-0.39, 0.29) is 5.91 Å². The van der Waals surface area contributed by atoms with Gasteiger partial charge < -0.3 is 9.47 Å². The summed E-state index contributed by atoms with van der Waals surface area (Å²) in [6, 6.07) is 22.7. The fraction of sp³-hybridized carbons (Fsp3) is 0.231. The Balaban J connectivity index is 1.24. The van der Waals surface area contributed by atoms with Crippen LogP contribution in [0, 0.1) is 0 Å². The van der Waals surface area contributed by atoms with Crippen LogP contribution in [0.4, 0.5) is 0 Å². The second-order valence-corrected chi connectivity index (χ2v) is 8.14. The molecular weight excluding hydrogens is 438 g/mol. The molecule has 0 unspecified atom stereocenters. The Labute approximate surface area is 198 Å². The normalized spacial score (nSPS) is 14.3. The number of carbonyl (C=O) groups excluding carboxylic acids is 1. The summed E-state index contributed by atoms with van der Waals surface area (Å²) in [5.41, 5.74) is 6.10. The minimum Gasteiger partial charge on any atom is -0.489 e. The number of ether oxygens (including phenoxy) is 2. The number of morpholine rings is 1. The standard InChI is InChI=1S/C26H26ClN3O3/c27-25-4-2-1-3-23(25)19-33-24-11-7-20(8-12-24)17-28-29-26(31)22-9-5-21(6-10-22)18-30-13-15-32-16-14-30/h1-12,17H,13-16,18-19H2,(H,29,31)/b28-17+. The van der Waals surface area contributed by atoms with E-state index in [1.807, 2.05) is 72.8 Å². The number of carbonyl (C=O) groups is 1. The lowest BCUT2D eigenvalue weighted by molar-refractivity contribution is 0.0342. The molecule has 3 aromatic carbocycles. The first-order valence-electron chi connectivity index (χ1n) is 10.9. The second kappa shape index (κ2) is 11.6. The fourth-order valence-corrected chi connectivity index (χ4v) is 3.63. The van der Waals surface area contributed by atoms with Crippen LogP contribution >= 0.6 is 11.6 Å². The summed E-state index contributed by atoms with van der Waals surface area (Å²) >= 11 is 6.15. The van der Waals surface area contributed by atoms with Crippen molar-refractivity contribution in [3.05, 3.63) is 100 Å². The molecule has 7 heteroatoms. The van der Waals surface area contributed by atoms with Gasteiger partial charge in [0.25, 0.3) is 5.91 Å². The van der Waals surface area contributed by atoms with E-state index in [1.165, 1.54) is 5.56 Å². The number of halogens is 1. The van der Waals surface area contributed by atoms with Crippen molar-refractivity contribution in [1.29, 1.82) is 0 Å². The van der Waals surface area contributed by atoms with Crippen LogP contribution in [0.1, 0.15) is 27.0 Å². The van der Waals surface area contributed by atoms with Gasteiger partial charge in [0.1, 0.15) is 12.4 Å². The monoisotopic (exact) mass is 463 g/mol. The third kappa shape index (κ3) is 6.89. The molecule has 0 bridgehead atoms. The molecule has 1 aliphatic rings. The van der Waals surface area contributed by atoms with Crippen molar-refractivity contribution >= 4 is 23.7 Å². The quantitative estimate of drug-likeness (QED) is 0.394. The van der Waals surface area contributed by atoms with E-state index >= 15 is 0 Å². The summed E-state index contributed by atoms with van der Waals surface area (Å²) in [6.45, 7) is 4.68. The van der Waals surface area contributed by atoms with Gasteiger partial charge in [-0.15, -0.1) is 0 Å². The molecule has 0 spiro atoms. The second-order valence-electron chi connectivity index (χ2n) is 7.73. The largest absolute Gasteiger partial charge is 0.489 e. The van der Waals surface area contributed by atoms with Crippen LogP contribution in [0.3, 0.4) is 0 Å². The molecule has 1 saturated heterocycles. The molecule has 0 saturated carbocycles. The van der Waals surface area contributed by atoms with E-state index in [2.05, 4.69) is 15.4 Å². The molecule has 170 valence electrons. The van der Waals surface area contributed by atoms with Crippen molar-refractivity contribution in [3.8, 4) is 5.75 Å². The average Bonchev–Trinajstić information content (AvgIpc) is 2.85. The van der Waals surface area contributed by atoms with Crippen molar-refractivity contribution in [2.24, 2.45) is 5.10 Å². The Kier molecular flexibility index (Phi) is 8.09. The van der Waals surface area contributed by atoms with E-state index in [9.17, 15) is 4.79 Å². The minimum atomic E-state index is -0.246. The van der Waals surface area contributed by atoms with Crippen LogP contribution in [0.2, 0.25) is 5.02 Å². The maximum Gasteiger partial charge on any atom is 0.271 e. The highest BCUT2D eigenvalue weighted by Crippen LogP contribution is 2.18. The number of nitrogens with zero attached hydrogens (tertiary/aromatic N) is 2. The molecule has 0 atom stereocenters. The van der Waals surface area contributed by atoms with Gasteiger partial charge in [-0.1, -0.05) is 41.9 Å². The number of rotatable bonds is 8. The van der Waals surface area contributed by atoms with E-state index in [4.69, 9.17) is 21.1 Å². The third-order valence-electron chi connectivity index (χ3n) is 5.34. The van der Waals surface area contributed by atoms with Gasteiger partial charge in [0.05, 0.1) is 19.4 Å². The molecule has 3 aromatic rings. The van der Waals surface area contributed by atoms with Crippen LogP contribution in [-0.2, 0) is 17.9 Å². The molecule has 0 radical (unpaired) electrons. The summed E-state index contributed by atoms with van der Waals surface area (Å²) in [5.74, 6) is 0.483. The highest BCUT2D eigenvalue weighted by atomic mass is 35.5. The number of hydrogen-bond acceptors (Lipinski definition) is 5. The number of benzene rings is 3. The van der Waals surface area contributed by atoms with Crippen molar-refractivity contribution in [1.82, 2.24) is 10.3 Å². The van der Waals surface area contributed by atoms with Crippen LogP contribution in [-0.4, -0.2) is 43.3 Å². The average molecular weight is 464 g/mol. The van der Waals surface area contributed by atoms with Crippen molar-refractivity contribution in [2.75, 3.05) is 26.3 Å². The predicted molar refractivity (Wildman–Crippen MR) is 130 cm³/mol. The Bertz CT molecular complexity index is 1080. The predicted octanol–water partition coefficient (Wildman–Crippen LogP) is 4.52. The lowest BCUT2D eigenvalue weighted by Gasteiger charge is -2.26. The molecule has 1 N–H and O–H groups in total. The van der Waals surface area contributed by atoms with Gasteiger partial charge in [0, 0.05) is 35.8 Å². The topological polar surface area (TPSA) is 63.2 Å². The molecule has 1 amide bonds. The van der Waals surface area contributed by atoms with Crippen LogP contribution in [0.15, 0.2) is 77.9 Å². The molecule has 0 aliphatic carbocycles. The summed E-state index contributed by atoms with van der Waals surface area (Å²) in [4.78, 5) is 14.7. The maximum absolute atomic E-state index is 12.4. The van der Waals surface area contributed by atoms with Gasteiger partial charge in [0.2, 0.25) is 0 Å². The van der Waals surface area contributed by atoms with Crippen molar-refractivity contribution < 1.29 is 14.3 Å². The third-order valence-corrected chi connectivity index (χ3v) is 5.71. The SMILES string of the molecule is O=C(N/N=C/c1ccc(OCc2ccccc2Cl)cc1)c1ccc(CN2CCOCC2)cc1. The first kappa shape index (κ1) is 23.0. The van der Waals surface area contributed by atoms with Crippen LogP contribution < -0.4 is 10.2 Å². The molecule has 1 heterocycles. The Morgan fingerprint density at radius 2 is 1.76 bits per heavy atom. The minimum absolute atomic E-state index is 0.246. The molecule has 4 rings (SSSR count). The van der Waals surface area contributed by atoms with E-state index in [0.29, 0.717) is 17.2 Å². The molecule has 6 nitrogen and oxygen atoms in total. The zero-order chi connectivity index (χ0) is 22.9. The molecule has 1 aliphatic heterocycles. The first-order valence-corrected chi connectivity index (χ1v) is 11.2. The summed E-state index contributed by atoms with van der Waals surface area (Å²) in [7, 11) is 0. The van der Waals surface area contributed by atoms with Crippen molar-refractivity contribution in [2.45, 2.75) is 13.2 Å². The lowest BCUT2D eigenvalue weighted by atomic mass is 10.1. The molecule has 1 fully saturated rings. The van der Waals surface area contributed by atoms with Gasteiger partial charge in [0.15, 0.2) is 0 Å². The molecular formula is C26H26ClN3O3. The number of hydrazone groups is 1. The number of hydrogen-bond donors (Lipinski definition) is 1. The van der Waals surface area contributed by atoms with E-state index < -0.39 is 0 Å². The highest BCUT2D eigenvalue weighted by Gasteiger charge is 2.11. The van der Waals surface area contributed by atoms with E-state index in [0.717, 1.165) is 49.7 Å². The van der Waals surface area contributed by atoms with Crippen LogP contribution in [0.5, 0.6) is 5.75 Å². The van der Waals surface area contributed by atoms with Gasteiger partial charge >= 0.3 is 0 Å². The smallest absolute Gasteiger partial charge is 0.271 e. The molecule has 33 heavy (non-hydrogen) atoms. The van der Waals surface area contributed by atoms with Gasteiger partial charge in [-0.3, -0.25) is 9.69 Å². The Morgan fingerprint density at radius 1 is 1.03 bits per heavy atom. The summed E-state index contributed by atoms with van der Waals surface area (Å²) in [5, 5.41) is 4.75. The highest BCUT2D eigenvalue weighted by molar-refractivity contribution is 6.31. The molecule has 0 aromatic heterocycles. The Hall–Kier alpha value is -3.19. The summed E-state index contributed by atoms with van der Waals surface area (Å²) in [6.07, 6.45) is 1.60. The van der Waals surface area contributed by atoms with Gasteiger partial charge in [-0.05, 0) is 53.6 Å². The zero-order valence-electron chi connectivity index (χ0n) is 18.2. The van der Waals surface area contributed by atoms with E-state index in [1.54, 1.807) is 6.21 Å². The van der Waals surface area contributed by atoms with Gasteiger partial charge in [-0.25, -0.2) is 5.43 Å². The Morgan fingerprint density at radius 3 is 2.48 bits per heavy atom. The lowest BCUT2D eigenvalue weighted by Crippen LogP contribution is -2.35. The fourth-order valence-electron chi connectivity index (χ4n) is 3.44. The first-order chi connectivity index (χ1) is 16.2.